The molecule has 0 aliphatic rings. The van der Waals surface area contributed by atoms with Gasteiger partial charge in [-0.2, -0.15) is 5.10 Å². The fourth-order valence-electron chi connectivity index (χ4n) is 2.89. The zero-order chi connectivity index (χ0) is 21.5. The molecule has 0 fully saturated rings. The van der Waals surface area contributed by atoms with E-state index < -0.39 is 18.5 Å². The molecule has 0 radical (unpaired) electrons. The largest absolute Gasteiger partial charge is 0.465 e. The standard InChI is InChI=1S/C24H19N3O4/c28-23(17-31-24(29)14-13-20-12-7-15-30-20)25-22-16-21(18-8-3-1-4-9-18)26-27(22)19-10-5-2-6-11-19/h1-16H,17H2,(H,25,28). The first-order valence-corrected chi connectivity index (χ1v) is 9.58. The Kier molecular flexibility index (Phi) is 6.04. The number of para-hydroxylation sites is 1. The molecule has 154 valence electrons. The molecule has 0 aliphatic heterocycles. The van der Waals surface area contributed by atoms with Crippen LogP contribution in [0.25, 0.3) is 23.0 Å². The number of carbonyl (C=O) groups excluding carboxylic acids is 2. The van der Waals surface area contributed by atoms with Crippen molar-refractivity contribution in [3.05, 3.63) is 97.0 Å². The van der Waals surface area contributed by atoms with E-state index >= 15 is 0 Å². The Morgan fingerprint density at radius 3 is 2.45 bits per heavy atom. The number of carbonyl (C=O) groups is 2. The molecule has 2 aromatic heterocycles. The van der Waals surface area contributed by atoms with Gasteiger partial charge < -0.3 is 14.5 Å². The molecule has 0 bridgehead atoms. The van der Waals surface area contributed by atoms with Crippen molar-refractivity contribution < 1.29 is 18.7 Å². The third-order valence-corrected chi connectivity index (χ3v) is 4.32. The van der Waals surface area contributed by atoms with Crippen LogP contribution in [0, 0.1) is 0 Å². The number of aromatic nitrogens is 2. The van der Waals surface area contributed by atoms with Gasteiger partial charge in [-0.25, -0.2) is 9.48 Å². The molecule has 0 aliphatic carbocycles. The van der Waals surface area contributed by atoms with Crippen LogP contribution in [0.3, 0.4) is 0 Å². The maximum Gasteiger partial charge on any atom is 0.331 e. The second-order valence-electron chi connectivity index (χ2n) is 6.53. The van der Waals surface area contributed by atoms with Crippen molar-refractivity contribution in [1.82, 2.24) is 9.78 Å². The maximum atomic E-state index is 12.4. The average Bonchev–Trinajstić information content (AvgIpc) is 3.48. The van der Waals surface area contributed by atoms with Crippen LogP contribution in [0.4, 0.5) is 5.82 Å². The molecule has 4 rings (SSSR count). The maximum absolute atomic E-state index is 12.4. The number of nitrogens with zero attached hydrogens (tertiary/aromatic N) is 2. The van der Waals surface area contributed by atoms with Crippen LogP contribution in [0.1, 0.15) is 5.76 Å². The van der Waals surface area contributed by atoms with Gasteiger partial charge in [-0.3, -0.25) is 4.79 Å². The lowest BCUT2D eigenvalue weighted by Crippen LogP contribution is -2.21. The van der Waals surface area contributed by atoms with E-state index in [0.29, 0.717) is 17.3 Å². The second kappa shape index (κ2) is 9.41. The van der Waals surface area contributed by atoms with E-state index in [-0.39, 0.29) is 0 Å². The fraction of sp³-hybridized carbons (Fsp3) is 0.0417. The van der Waals surface area contributed by atoms with Crippen LogP contribution < -0.4 is 5.32 Å². The summed E-state index contributed by atoms with van der Waals surface area (Å²) in [6, 6.07) is 24.3. The molecular formula is C24H19N3O4. The van der Waals surface area contributed by atoms with Crippen molar-refractivity contribution in [3.63, 3.8) is 0 Å². The number of nitrogens with one attached hydrogen (secondary N) is 1. The topological polar surface area (TPSA) is 86.4 Å². The van der Waals surface area contributed by atoms with Crippen molar-refractivity contribution in [1.29, 1.82) is 0 Å². The molecule has 0 atom stereocenters. The quantitative estimate of drug-likeness (QED) is 0.360. The Bertz CT molecular complexity index is 1180. The molecule has 31 heavy (non-hydrogen) atoms. The van der Waals surface area contributed by atoms with E-state index in [1.807, 2.05) is 60.7 Å². The van der Waals surface area contributed by atoms with Crippen LogP contribution in [-0.2, 0) is 14.3 Å². The highest BCUT2D eigenvalue weighted by Crippen LogP contribution is 2.24. The third kappa shape index (κ3) is 5.16. The predicted octanol–water partition coefficient (Wildman–Crippen LogP) is 4.33. The minimum Gasteiger partial charge on any atom is -0.465 e. The molecule has 0 saturated heterocycles. The Morgan fingerprint density at radius 2 is 1.74 bits per heavy atom. The van der Waals surface area contributed by atoms with Crippen molar-refractivity contribution in [2.45, 2.75) is 0 Å². The number of hydrogen-bond donors (Lipinski definition) is 1. The summed E-state index contributed by atoms with van der Waals surface area (Å²) < 4.78 is 11.7. The summed E-state index contributed by atoms with van der Waals surface area (Å²) >= 11 is 0. The predicted molar refractivity (Wildman–Crippen MR) is 116 cm³/mol. The Hall–Kier alpha value is -4.39. The molecule has 0 saturated carbocycles. The Balaban J connectivity index is 1.47. The first kappa shape index (κ1) is 19.9. The summed E-state index contributed by atoms with van der Waals surface area (Å²) in [5.41, 5.74) is 2.42. The summed E-state index contributed by atoms with van der Waals surface area (Å²) in [6.45, 7) is -0.429. The molecule has 1 amide bonds. The van der Waals surface area contributed by atoms with Gasteiger partial charge in [-0.15, -0.1) is 0 Å². The number of hydrogen-bond acceptors (Lipinski definition) is 5. The monoisotopic (exact) mass is 413 g/mol. The molecule has 2 heterocycles. The molecule has 1 N–H and O–H groups in total. The smallest absolute Gasteiger partial charge is 0.331 e. The highest BCUT2D eigenvalue weighted by molar-refractivity contribution is 5.94. The molecule has 2 aromatic carbocycles. The van der Waals surface area contributed by atoms with Crippen LogP contribution in [-0.4, -0.2) is 28.3 Å². The van der Waals surface area contributed by atoms with Gasteiger partial charge in [-0.05, 0) is 30.3 Å². The van der Waals surface area contributed by atoms with E-state index in [1.165, 1.54) is 18.4 Å². The van der Waals surface area contributed by atoms with E-state index in [9.17, 15) is 9.59 Å². The van der Waals surface area contributed by atoms with E-state index in [0.717, 1.165) is 11.3 Å². The minimum absolute atomic E-state index is 0.429. The van der Waals surface area contributed by atoms with Gasteiger partial charge in [0, 0.05) is 17.7 Å². The van der Waals surface area contributed by atoms with Crippen molar-refractivity contribution in [2.75, 3.05) is 11.9 Å². The van der Waals surface area contributed by atoms with E-state index in [1.54, 1.807) is 22.9 Å². The molecule has 0 spiro atoms. The summed E-state index contributed by atoms with van der Waals surface area (Å²) in [4.78, 5) is 24.2. The van der Waals surface area contributed by atoms with Gasteiger partial charge in [0.2, 0.25) is 0 Å². The number of furan rings is 1. The molecule has 7 nitrogen and oxygen atoms in total. The van der Waals surface area contributed by atoms with E-state index in [4.69, 9.17) is 9.15 Å². The number of benzene rings is 2. The summed E-state index contributed by atoms with van der Waals surface area (Å²) in [7, 11) is 0. The molecular weight excluding hydrogens is 394 g/mol. The molecule has 4 aromatic rings. The lowest BCUT2D eigenvalue weighted by molar-refractivity contribution is -0.142. The lowest BCUT2D eigenvalue weighted by Gasteiger charge is -2.08. The second-order valence-corrected chi connectivity index (χ2v) is 6.53. The van der Waals surface area contributed by atoms with Crippen LogP contribution in [0.2, 0.25) is 0 Å². The van der Waals surface area contributed by atoms with Gasteiger partial charge >= 0.3 is 5.97 Å². The third-order valence-electron chi connectivity index (χ3n) is 4.32. The molecule has 0 unspecified atom stereocenters. The fourth-order valence-corrected chi connectivity index (χ4v) is 2.89. The van der Waals surface area contributed by atoms with Crippen LogP contribution >= 0.6 is 0 Å². The zero-order valence-electron chi connectivity index (χ0n) is 16.5. The summed E-state index contributed by atoms with van der Waals surface area (Å²) in [5.74, 6) is -0.136. The van der Waals surface area contributed by atoms with Crippen molar-refractivity contribution in [2.24, 2.45) is 0 Å². The summed E-state index contributed by atoms with van der Waals surface area (Å²) in [5, 5.41) is 7.40. The lowest BCUT2D eigenvalue weighted by atomic mass is 10.2. The van der Waals surface area contributed by atoms with Gasteiger partial charge in [0.1, 0.15) is 11.6 Å². The number of ether oxygens (including phenoxy) is 1. The Morgan fingerprint density at radius 1 is 1.00 bits per heavy atom. The van der Waals surface area contributed by atoms with Crippen LogP contribution in [0.5, 0.6) is 0 Å². The summed E-state index contributed by atoms with van der Waals surface area (Å²) in [6.07, 6.45) is 4.17. The molecule has 7 heteroatoms. The van der Waals surface area contributed by atoms with Crippen molar-refractivity contribution >= 4 is 23.8 Å². The Labute approximate surface area is 178 Å². The van der Waals surface area contributed by atoms with Gasteiger partial charge in [0.15, 0.2) is 6.61 Å². The number of amides is 1. The van der Waals surface area contributed by atoms with Gasteiger partial charge in [-0.1, -0.05) is 48.5 Å². The SMILES string of the molecule is O=C(COC(=O)C=Cc1ccco1)Nc1cc(-c2ccccc2)nn1-c1ccccc1. The average molecular weight is 413 g/mol. The van der Waals surface area contributed by atoms with E-state index in [2.05, 4.69) is 10.4 Å². The van der Waals surface area contributed by atoms with Gasteiger partial charge in [0.25, 0.3) is 5.91 Å². The normalized spacial score (nSPS) is 10.8. The minimum atomic E-state index is -0.645. The first-order chi connectivity index (χ1) is 15.2. The highest BCUT2D eigenvalue weighted by atomic mass is 16.5. The first-order valence-electron chi connectivity index (χ1n) is 9.58. The van der Waals surface area contributed by atoms with Gasteiger partial charge in [0.05, 0.1) is 17.6 Å². The number of esters is 1. The zero-order valence-corrected chi connectivity index (χ0v) is 16.5. The van der Waals surface area contributed by atoms with Crippen molar-refractivity contribution in [3.8, 4) is 16.9 Å². The highest BCUT2D eigenvalue weighted by Gasteiger charge is 2.14. The van der Waals surface area contributed by atoms with Crippen LogP contribution in [0.15, 0.2) is 95.6 Å². The number of anilines is 1. The number of rotatable bonds is 7.